The number of hydrogen-bond acceptors (Lipinski definition) is 3. The Morgan fingerprint density at radius 2 is 1.44 bits per heavy atom. The van der Waals surface area contributed by atoms with Crippen LogP contribution in [0, 0.1) is 0 Å². The summed E-state index contributed by atoms with van der Waals surface area (Å²) in [5.41, 5.74) is 4.12. The van der Waals surface area contributed by atoms with Crippen molar-refractivity contribution in [1.82, 2.24) is 0 Å². The highest BCUT2D eigenvalue weighted by Gasteiger charge is 2.20. The Labute approximate surface area is 151 Å². The lowest BCUT2D eigenvalue weighted by Crippen LogP contribution is -2.16. The number of aromatic hydroxyl groups is 1. The quantitative estimate of drug-likeness (QED) is 0.724. The van der Waals surface area contributed by atoms with Crippen molar-refractivity contribution in [2.75, 3.05) is 7.11 Å². The molecule has 2 rings (SSSR count). The van der Waals surface area contributed by atoms with Gasteiger partial charge in [-0.05, 0) is 52.3 Å². The van der Waals surface area contributed by atoms with Gasteiger partial charge in [-0.25, -0.2) is 0 Å². The van der Waals surface area contributed by atoms with E-state index < -0.39 is 0 Å². The first-order chi connectivity index (χ1) is 11.5. The normalized spacial score (nSPS) is 12.6. The van der Waals surface area contributed by atoms with E-state index in [2.05, 4.69) is 64.7 Å². The Morgan fingerprint density at radius 3 is 1.92 bits per heavy atom. The molecule has 134 valence electrons. The third-order valence-electron chi connectivity index (χ3n) is 4.24. The number of methoxy groups -OCH3 is 1. The summed E-state index contributed by atoms with van der Waals surface area (Å²) in [4.78, 5) is 4.62. The number of benzene rings is 2. The van der Waals surface area contributed by atoms with E-state index in [9.17, 15) is 5.11 Å². The number of aliphatic imine (C=N–C) groups is 1. The van der Waals surface area contributed by atoms with Crippen LogP contribution < -0.4 is 4.74 Å². The van der Waals surface area contributed by atoms with Gasteiger partial charge in [-0.1, -0.05) is 47.6 Å². The fourth-order valence-corrected chi connectivity index (χ4v) is 2.46. The molecule has 0 aliphatic carbocycles. The second kappa shape index (κ2) is 6.91. The van der Waals surface area contributed by atoms with E-state index in [0.29, 0.717) is 11.3 Å². The molecule has 0 amide bonds. The van der Waals surface area contributed by atoms with Gasteiger partial charge in [0.25, 0.3) is 0 Å². The molecule has 1 N–H and O–H groups in total. The molecule has 0 aliphatic heterocycles. The zero-order valence-corrected chi connectivity index (χ0v) is 16.3. The fourth-order valence-electron chi connectivity index (χ4n) is 2.46. The van der Waals surface area contributed by atoms with Crippen LogP contribution in [0.15, 0.2) is 41.4 Å². The first-order valence-corrected chi connectivity index (χ1v) is 8.58. The van der Waals surface area contributed by atoms with Crippen molar-refractivity contribution in [1.29, 1.82) is 0 Å². The van der Waals surface area contributed by atoms with E-state index in [1.165, 1.54) is 11.1 Å². The van der Waals surface area contributed by atoms with Crippen LogP contribution in [0.1, 0.15) is 58.2 Å². The third kappa shape index (κ3) is 4.85. The van der Waals surface area contributed by atoms with Gasteiger partial charge in [0, 0.05) is 11.8 Å². The Balaban J connectivity index is 2.48. The van der Waals surface area contributed by atoms with Crippen LogP contribution in [0.5, 0.6) is 11.5 Å². The minimum atomic E-state index is 0.0453. The van der Waals surface area contributed by atoms with Gasteiger partial charge in [0.15, 0.2) is 0 Å². The number of phenolic OH excluding ortho intramolecular Hbond substituents is 1. The van der Waals surface area contributed by atoms with E-state index in [1.807, 2.05) is 0 Å². The molecule has 0 aliphatic rings. The molecule has 0 spiro atoms. The van der Waals surface area contributed by atoms with Crippen LogP contribution in [0.3, 0.4) is 0 Å². The molecule has 0 heterocycles. The predicted molar refractivity (Wildman–Crippen MR) is 106 cm³/mol. The van der Waals surface area contributed by atoms with Crippen LogP contribution in [-0.4, -0.2) is 18.4 Å². The molecule has 0 unspecified atom stereocenters. The Hall–Kier alpha value is -2.29. The van der Waals surface area contributed by atoms with Crippen molar-refractivity contribution in [3.05, 3.63) is 53.1 Å². The molecule has 0 bridgehead atoms. The monoisotopic (exact) mass is 339 g/mol. The van der Waals surface area contributed by atoms with Gasteiger partial charge in [0.2, 0.25) is 0 Å². The standard InChI is InChI=1S/C22H29NO2/c1-21(2,3)16-11-17(22(4,5)6)13-18(12-16)23-14-15-10-19(25-7)8-9-20(15)24/h8-14,24H,1-7H3. The van der Waals surface area contributed by atoms with Gasteiger partial charge < -0.3 is 9.84 Å². The van der Waals surface area contributed by atoms with Gasteiger partial charge in [-0.2, -0.15) is 0 Å². The first-order valence-electron chi connectivity index (χ1n) is 8.58. The lowest BCUT2D eigenvalue weighted by atomic mass is 9.80. The number of hydrogen-bond donors (Lipinski definition) is 1. The number of rotatable bonds is 3. The molecule has 3 heteroatoms. The number of phenols is 1. The Bertz CT molecular complexity index is 745. The Kier molecular flexibility index (Phi) is 5.26. The van der Waals surface area contributed by atoms with E-state index in [1.54, 1.807) is 31.5 Å². The van der Waals surface area contributed by atoms with Gasteiger partial charge in [-0.3, -0.25) is 4.99 Å². The minimum Gasteiger partial charge on any atom is -0.507 e. The molecule has 25 heavy (non-hydrogen) atoms. The largest absolute Gasteiger partial charge is 0.507 e. The van der Waals surface area contributed by atoms with E-state index in [0.717, 1.165) is 5.69 Å². The van der Waals surface area contributed by atoms with Crippen LogP contribution in [0.4, 0.5) is 5.69 Å². The highest BCUT2D eigenvalue weighted by molar-refractivity contribution is 5.86. The highest BCUT2D eigenvalue weighted by Crippen LogP contribution is 2.33. The van der Waals surface area contributed by atoms with Gasteiger partial charge in [0.05, 0.1) is 12.8 Å². The third-order valence-corrected chi connectivity index (χ3v) is 4.24. The zero-order chi connectivity index (χ0) is 18.8. The maximum Gasteiger partial charge on any atom is 0.124 e. The van der Waals surface area contributed by atoms with Crippen molar-refractivity contribution in [2.45, 2.75) is 52.4 Å². The van der Waals surface area contributed by atoms with Crippen molar-refractivity contribution in [3.8, 4) is 11.5 Å². The summed E-state index contributed by atoms with van der Waals surface area (Å²) in [6.45, 7) is 13.2. The van der Waals surface area contributed by atoms with Gasteiger partial charge in [0.1, 0.15) is 11.5 Å². The molecular weight excluding hydrogens is 310 g/mol. The highest BCUT2D eigenvalue weighted by atomic mass is 16.5. The average molecular weight is 339 g/mol. The molecular formula is C22H29NO2. The molecule has 2 aromatic carbocycles. The van der Waals surface area contributed by atoms with E-state index in [-0.39, 0.29) is 16.6 Å². The molecule has 2 aromatic rings. The summed E-state index contributed by atoms with van der Waals surface area (Å²) in [5, 5.41) is 10.0. The molecule has 0 radical (unpaired) electrons. The molecule has 0 fully saturated rings. The average Bonchev–Trinajstić information content (AvgIpc) is 2.52. The lowest BCUT2D eigenvalue weighted by Gasteiger charge is -2.25. The molecule has 0 aromatic heterocycles. The summed E-state index contributed by atoms with van der Waals surface area (Å²) in [7, 11) is 1.61. The molecule has 0 saturated heterocycles. The smallest absolute Gasteiger partial charge is 0.124 e. The van der Waals surface area contributed by atoms with Gasteiger partial charge in [-0.15, -0.1) is 0 Å². The molecule has 3 nitrogen and oxygen atoms in total. The summed E-state index contributed by atoms with van der Waals surface area (Å²) >= 11 is 0. The van der Waals surface area contributed by atoms with Crippen LogP contribution >= 0.6 is 0 Å². The van der Waals surface area contributed by atoms with Gasteiger partial charge >= 0.3 is 0 Å². The van der Waals surface area contributed by atoms with Crippen LogP contribution in [0.2, 0.25) is 0 Å². The van der Waals surface area contributed by atoms with Crippen LogP contribution in [0.25, 0.3) is 0 Å². The number of ether oxygens (including phenoxy) is 1. The Morgan fingerprint density at radius 1 is 0.880 bits per heavy atom. The second-order valence-corrected chi connectivity index (χ2v) is 8.45. The van der Waals surface area contributed by atoms with E-state index in [4.69, 9.17) is 4.74 Å². The van der Waals surface area contributed by atoms with Crippen molar-refractivity contribution >= 4 is 11.9 Å². The van der Waals surface area contributed by atoms with Crippen molar-refractivity contribution in [2.24, 2.45) is 4.99 Å². The first kappa shape index (κ1) is 19.0. The summed E-state index contributed by atoms with van der Waals surface area (Å²) in [5.74, 6) is 0.880. The summed E-state index contributed by atoms with van der Waals surface area (Å²) in [6.07, 6.45) is 1.69. The van der Waals surface area contributed by atoms with E-state index >= 15 is 0 Å². The minimum absolute atomic E-state index is 0.0453. The summed E-state index contributed by atoms with van der Waals surface area (Å²) < 4.78 is 5.22. The van der Waals surface area contributed by atoms with Crippen molar-refractivity contribution < 1.29 is 9.84 Å². The molecule has 0 saturated carbocycles. The number of nitrogens with zero attached hydrogens (tertiary/aromatic N) is 1. The SMILES string of the molecule is COc1ccc(O)c(C=Nc2cc(C(C)(C)C)cc(C(C)(C)C)c2)c1. The fraction of sp³-hybridized carbons (Fsp3) is 0.409. The predicted octanol–water partition coefficient (Wildman–Crippen LogP) is 5.75. The summed E-state index contributed by atoms with van der Waals surface area (Å²) in [6, 6.07) is 11.6. The maximum atomic E-state index is 10.0. The maximum absolute atomic E-state index is 10.0. The second-order valence-electron chi connectivity index (χ2n) is 8.45. The topological polar surface area (TPSA) is 41.8 Å². The van der Waals surface area contributed by atoms with Crippen LogP contribution in [-0.2, 0) is 10.8 Å². The lowest BCUT2D eigenvalue weighted by molar-refractivity contribution is 0.412. The zero-order valence-electron chi connectivity index (χ0n) is 16.3. The van der Waals surface area contributed by atoms with Crippen molar-refractivity contribution in [3.63, 3.8) is 0 Å². The molecule has 0 atom stereocenters.